The van der Waals surface area contributed by atoms with Gasteiger partial charge in [0.05, 0.1) is 17.7 Å². The Kier molecular flexibility index (Phi) is 4.17. The van der Waals surface area contributed by atoms with Crippen LogP contribution in [0.25, 0.3) is 0 Å². The largest absolute Gasteiger partial charge is 0.342 e. The molecule has 0 amide bonds. The topological polar surface area (TPSA) is 49.2 Å². The van der Waals surface area contributed by atoms with Gasteiger partial charge in [-0.05, 0) is 18.6 Å². The molecule has 0 aliphatic carbocycles. The van der Waals surface area contributed by atoms with Crippen LogP contribution < -0.4 is 0 Å². The van der Waals surface area contributed by atoms with Gasteiger partial charge >= 0.3 is 0 Å². The normalized spacial score (nSPS) is 25.4. The maximum Gasteiger partial charge on any atom is 0.217 e. The molecule has 2 atom stereocenters. The van der Waals surface area contributed by atoms with E-state index in [1.165, 1.54) is 6.33 Å². The lowest BCUT2D eigenvalue weighted by atomic mass is 10.1. The molecule has 0 radical (unpaired) electrons. The average Bonchev–Trinajstić information content (AvgIpc) is 3.09. The van der Waals surface area contributed by atoms with Gasteiger partial charge in [0.2, 0.25) is 5.79 Å². The van der Waals surface area contributed by atoms with Crippen molar-refractivity contribution >= 4 is 23.2 Å². The summed E-state index contributed by atoms with van der Waals surface area (Å²) in [6, 6.07) is 5.30. The summed E-state index contributed by atoms with van der Waals surface area (Å²) >= 11 is 12.3. The van der Waals surface area contributed by atoms with E-state index in [1.807, 2.05) is 6.07 Å². The number of ether oxygens (including phenoxy) is 2. The highest BCUT2D eigenvalue weighted by Gasteiger charge is 2.44. The summed E-state index contributed by atoms with van der Waals surface area (Å²) in [7, 11) is 0. The highest BCUT2D eigenvalue weighted by molar-refractivity contribution is 6.35. The van der Waals surface area contributed by atoms with E-state index in [-0.39, 0.29) is 6.10 Å². The average molecular weight is 328 g/mol. The minimum Gasteiger partial charge on any atom is -0.342 e. The van der Waals surface area contributed by atoms with Gasteiger partial charge < -0.3 is 9.47 Å². The molecule has 7 heteroatoms. The number of hydrogen-bond donors (Lipinski definition) is 0. The van der Waals surface area contributed by atoms with E-state index in [2.05, 4.69) is 17.0 Å². The van der Waals surface area contributed by atoms with Gasteiger partial charge in [-0.2, -0.15) is 5.10 Å². The molecule has 112 valence electrons. The molecule has 3 rings (SSSR count). The molecule has 21 heavy (non-hydrogen) atoms. The van der Waals surface area contributed by atoms with Crippen molar-refractivity contribution in [3.05, 3.63) is 46.5 Å². The van der Waals surface area contributed by atoms with Crippen LogP contribution in [0.4, 0.5) is 0 Å². The summed E-state index contributed by atoms with van der Waals surface area (Å²) < 4.78 is 13.8. The smallest absolute Gasteiger partial charge is 0.217 e. The molecule has 1 aromatic carbocycles. The fraction of sp³-hybridized carbons (Fsp3) is 0.429. The molecule has 5 nitrogen and oxygen atoms in total. The highest BCUT2D eigenvalue weighted by Crippen LogP contribution is 2.40. The number of halogens is 2. The molecular weight excluding hydrogens is 313 g/mol. The summed E-state index contributed by atoms with van der Waals surface area (Å²) in [5.41, 5.74) is 0.750. The minimum atomic E-state index is -0.962. The van der Waals surface area contributed by atoms with Crippen molar-refractivity contribution in [3.8, 4) is 0 Å². The predicted octanol–water partition coefficient (Wildman–Crippen LogP) is 3.26. The lowest BCUT2D eigenvalue weighted by Gasteiger charge is -2.29. The molecule has 1 aromatic heterocycles. The van der Waals surface area contributed by atoms with Crippen LogP contribution in [0.3, 0.4) is 0 Å². The second-order valence-corrected chi connectivity index (χ2v) is 5.77. The van der Waals surface area contributed by atoms with Crippen molar-refractivity contribution in [2.75, 3.05) is 6.61 Å². The molecule has 1 fully saturated rings. The first-order chi connectivity index (χ1) is 10.1. The van der Waals surface area contributed by atoms with Crippen molar-refractivity contribution in [2.45, 2.75) is 31.8 Å². The summed E-state index contributed by atoms with van der Waals surface area (Å²) in [4.78, 5) is 3.95. The predicted molar refractivity (Wildman–Crippen MR) is 79.3 cm³/mol. The van der Waals surface area contributed by atoms with Crippen LogP contribution in [-0.4, -0.2) is 27.5 Å². The number of aromatic nitrogens is 3. The number of rotatable bonds is 4. The third kappa shape index (κ3) is 2.92. The molecule has 0 unspecified atom stereocenters. The quantitative estimate of drug-likeness (QED) is 0.864. The molecular formula is C14H15Cl2N3O2. The van der Waals surface area contributed by atoms with Crippen LogP contribution in [0.5, 0.6) is 0 Å². The van der Waals surface area contributed by atoms with Crippen LogP contribution in [0.15, 0.2) is 30.9 Å². The zero-order chi connectivity index (χ0) is 14.9. The Morgan fingerprint density at radius 2 is 2.29 bits per heavy atom. The van der Waals surface area contributed by atoms with Crippen molar-refractivity contribution < 1.29 is 9.47 Å². The Balaban J connectivity index is 1.99. The Hall–Kier alpha value is -1.14. The first-order valence-electron chi connectivity index (χ1n) is 6.72. The van der Waals surface area contributed by atoms with Gasteiger partial charge in [0.25, 0.3) is 0 Å². The highest BCUT2D eigenvalue weighted by atomic mass is 35.5. The van der Waals surface area contributed by atoms with Crippen molar-refractivity contribution in [2.24, 2.45) is 0 Å². The minimum absolute atomic E-state index is 0.0280. The molecule has 0 N–H and O–H groups in total. The second-order valence-electron chi connectivity index (χ2n) is 4.93. The standard InChI is InChI=1S/C14H15Cl2N3O2/c1-2-11-6-20-14(21-11,7-19-9-17-8-18-19)12-4-3-10(15)5-13(12)16/h3-5,8-9,11H,2,6-7H2,1H3/t11-,14+/m0/s1. The van der Waals surface area contributed by atoms with Gasteiger partial charge in [-0.15, -0.1) is 0 Å². The Morgan fingerprint density at radius 1 is 1.43 bits per heavy atom. The molecule has 0 spiro atoms. The fourth-order valence-corrected chi connectivity index (χ4v) is 2.95. The van der Waals surface area contributed by atoms with Crippen LogP contribution in [0, 0.1) is 0 Å². The van der Waals surface area contributed by atoms with E-state index < -0.39 is 5.79 Å². The molecule has 1 aliphatic heterocycles. The molecule has 2 aromatic rings. The van der Waals surface area contributed by atoms with Gasteiger partial charge in [0.15, 0.2) is 0 Å². The van der Waals surface area contributed by atoms with Crippen LogP contribution in [0.2, 0.25) is 10.0 Å². The maximum atomic E-state index is 6.34. The van der Waals surface area contributed by atoms with E-state index in [1.54, 1.807) is 23.1 Å². The lowest BCUT2D eigenvalue weighted by molar-refractivity contribution is -0.188. The number of nitrogens with zero attached hydrogens (tertiary/aromatic N) is 3. The summed E-state index contributed by atoms with van der Waals surface area (Å²) in [6.45, 7) is 2.96. The van der Waals surface area contributed by atoms with Crippen molar-refractivity contribution in [1.29, 1.82) is 0 Å². The first-order valence-corrected chi connectivity index (χ1v) is 7.48. The van der Waals surface area contributed by atoms with Gasteiger partial charge in [0.1, 0.15) is 19.2 Å². The summed E-state index contributed by atoms with van der Waals surface area (Å²) in [6.07, 6.45) is 3.99. The fourth-order valence-electron chi connectivity index (χ4n) is 2.40. The Bertz CT molecular complexity index is 621. The zero-order valence-electron chi connectivity index (χ0n) is 11.5. The van der Waals surface area contributed by atoms with Gasteiger partial charge in [-0.25, -0.2) is 9.67 Å². The molecule has 0 saturated carbocycles. The van der Waals surface area contributed by atoms with E-state index in [0.717, 1.165) is 12.0 Å². The third-order valence-corrected chi connectivity index (χ3v) is 4.04. The van der Waals surface area contributed by atoms with E-state index in [4.69, 9.17) is 32.7 Å². The van der Waals surface area contributed by atoms with Gasteiger partial charge in [-0.3, -0.25) is 0 Å². The maximum absolute atomic E-state index is 6.34. The van der Waals surface area contributed by atoms with Crippen molar-refractivity contribution in [3.63, 3.8) is 0 Å². The first kappa shape index (κ1) is 14.8. The van der Waals surface area contributed by atoms with E-state index >= 15 is 0 Å². The SMILES string of the molecule is CC[C@H]1CO[C@@](Cn2cncn2)(c2ccc(Cl)cc2Cl)O1. The molecule has 2 heterocycles. The van der Waals surface area contributed by atoms with E-state index in [9.17, 15) is 0 Å². The summed E-state index contributed by atoms with van der Waals surface area (Å²) in [5.74, 6) is -0.962. The number of hydrogen-bond acceptors (Lipinski definition) is 4. The second kappa shape index (κ2) is 5.93. The van der Waals surface area contributed by atoms with Gasteiger partial charge in [0, 0.05) is 10.6 Å². The molecule has 1 saturated heterocycles. The van der Waals surface area contributed by atoms with E-state index in [0.29, 0.717) is 23.2 Å². The van der Waals surface area contributed by atoms with Crippen molar-refractivity contribution in [1.82, 2.24) is 14.8 Å². The van der Waals surface area contributed by atoms with Crippen LogP contribution >= 0.6 is 23.2 Å². The monoisotopic (exact) mass is 327 g/mol. The zero-order valence-corrected chi connectivity index (χ0v) is 13.0. The van der Waals surface area contributed by atoms with Gasteiger partial charge in [-0.1, -0.05) is 36.2 Å². The number of benzene rings is 1. The Morgan fingerprint density at radius 3 is 2.90 bits per heavy atom. The molecule has 1 aliphatic rings. The lowest BCUT2D eigenvalue weighted by Crippen LogP contribution is -2.34. The summed E-state index contributed by atoms with van der Waals surface area (Å²) in [5, 5.41) is 5.21. The van der Waals surface area contributed by atoms with Crippen LogP contribution in [0.1, 0.15) is 18.9 Å². The molecule has 0 bridgehead atoms. The van der Waals surface area contributed by atoms with Crippen LogP contribution in [-0.2, 0) is 21.8 Å². The third-order valence-electron chi connectivity index (χ3n) is 3.49. The Labute approximate surface area is 132 Å².